The first kappa shape index (κ1) is 14.8. The summed E-state index contributed by atoms with van der Waals surface area (Å²) in [6.07, 6.45) is 0.165. The van der Waals surface area contributed by atoms with E-state index in [1.165, 1.54) is 4.90 Å². The Hall–Kier alpha value is -2.17. The number of hydrogen-bond acceptors (Lipinski definition) is 3. The molecule has 0 saturated carbocycles. The highest BCUT2D eigenvalue weighted by atomic mass is 35.5. The van der Waals surface area contributed by atoms with Crippen molar-refractivity contribution in [1.29, 1.82) is 0 Å². The first-order valence-corrected chi connectivity index (χ1v) is 7.42. The standard InChI is InChI=1S/C17H15ClN2O2/c18-13-7-4-8-14(9-13)20-16(21)10-15(17(20)22)19-11-12-5-2-1-3-6-12/h1-9,15,19H,10-11H2/t15-/m1/s1. The van der Waals surface area contributed by atoms with Gasteiger partial charge < -0.3 is 5.32 Å². The van der Waals surface area contributed by atoms with E-state index in [4.69, 9.17) is 11.6 Å². The molecule has 1 N–H and O–H groups in total. The van der Waals surface area contributed by atoms with Crippen molar-refractivity contribution >= 4 is 29.1 Å². The zero-order chi connectivity index (χ0) is 15.5. The van der Waals surface area contributed by atoms with Crippen molar-refractivity contribution in [3.63, 3.8) is 0 Å². The third-order valence-corrected chi connectivity index (χ3v) is 3.84. The molecule has 2 amide bonds. The Morgan fingerprint density at radius 1 is 1.09 bits per heavy atom. The van der Waals surface area contributed by atoms with Gasteiger partial charge in [0.15, 0.2) is 0 Å². The second kappa shape index (κ2) is 6.30. The fourth-order valence-electron chi connectivity index (χ4n) is 2.51. The zero-order valence-corrected chi connectivity index (χ0v) is 12.6. The molecule has 0 bridgehead atoms. The normalized spacial score (nSPS) is 18.0. The molecule has 2 aromatic carbocycles. The van der Waals surface area contributed by atoms with E-state index in [0.29, 0.717) is 17.3 Å². The second-order valence-corrected chi connectivity index (χ2v) is 5.61. The number of imide groups is 1. The molecule has 112 valence electrons. The number of hydrogen-bond donors (Lipinski definition) is 1. The third-order valence-electron chi connectivity index (χ3n) is 3.61. The molecule has 1 aliphatic rings. The Kier molecular flexibility index (Phi) is 4.22. The number of nitrogens with one attached hydrogen (secondary N) is 1. The lowest BCUT2D eigenvalue weighted by atomic mass is 10.2. The Morgan fingerprint density at radius 3 is 2.59 bits per heavy atom. The average molecular weight is 315 g/mol. The summed E-state index contributed by atoms with van der Waals surface area (Å²) >= 11 is 5.93. The van der Waals surface area contributed by atoms with Crippen LogP contribution in [-0.4, -0.2) is 17.9 Å². The summed E-state index contributed by atoms with van der Waals surface area (Å²) in [6.45, 7) is 0.550. The van der Waals surface area contributed by atoms with Crippen LogP contribution in [0.5, 0.6) is 0 Å². The number of carbonyl (C=O) groups excluding carboxylic acids is 2. The Bertz CT molecular complexity index is 703. The second-order valence-electron chi connectivity index (χ2n) is 5.17. The molecular formula is C17H15ClN2O2. The highest BCUT2D eigenvalue weighted by molar-refractivity contribution is 6.31. The van der Waals surface area contributed by atoms with Gasteiger partial charge in [0.05, 0.1) is 18.2 Å². The number of halogens is 1. The van der Waals surface area contributed by atoms with Crippen LogP contribution in [0.4, 0.5) is 5.69 Å². The van der Waals surface area contributed by atoms with Crippen molar-refractivity contribution < 1.29 is 9.59 Å². The van der Waals surface area contributed by atoms with Crippen LogP contribution < -0.4 is 10.2 Å². The molecule has 0 unspecified atom stereocenters. The van der Waals surface area contributed by atoms with Gasteiger partial charge in [0, 0.05) is 11.6 Å². The summed E-state index contributed by atoms with van der Waals surface area (Å²) in [5.41, 5.74) is 1.59. The smallest absolute Gasteiger partial charge is 0.251 e. The molecule has 1 fully saturated rings. The minimum atomic E-state index is -0.494. The summed E-state index contributed by atoms with van der Waals surface area (Å²) in [4.78, 5) is 25.8. The van der Waals surface area contributed by atoms with Crippen LogP contribution in [0.3, 0.4) is 0 Å². The van der Waals surface area contributed by atoms with E-state index in [1.54, 1.807) is 24.3 Å². The van der Waals surface area contributed by atoms with Gasteiger partial charge >= 0.3 is 0 Å². The van der Waals surface area contributed by atoms with E-state index < -0.39 is 6.04 Å². The predicted octanol–water partition coefficient (Wildman–Crippen LogP) is 2.76. The van der Waals surface area contributed by atoms with Crippen LogP contribution in [0.25, 0.3) is 0 Å². The van der Waals surface area contributed by atoms with E-state index in [9.17, 15) is 9.59 Å². The zero-order valence-electron chi connectivity index (χ0n) is 11.8. The highest BCUT2D eigenvalue weighted by Crippen LogP contribution is 2.25. The Balaban J connectivity index is 1.71. The Labute approximate surface area is 133 Å². The topological polar surface area (TPSA) is 49.4 Å². The molecule has 1 heterocycles. The lowest BCUT2D eigenvalue weighted by molar-refractivity contribution is -0.121. The van der Waals surface area contributed by atoms with Gasteiger partial charge in [-0.1, -0.05) is 48.0 Å². The van der Waals surface area contributed by atoms with Crippen LogP contribution >= 0.6 is 11.6 Å². The van der Waals surface area contributed by atoms with Crippen LogP contribution in [-0.2, 0) is 16.1 Å². The van der Waals surface area contributed by atoms with Crippen molar-refractivity contribution in [2.75, 3.05) is 4.90 Å². The molecule has 22 heavy (non-hydrogen) atoms. The van der Waals surface area contributed by atoms with E-state index in [0.717, 1.165) is 5.56 Å². The molecule has 0 aliphatic carbocycles. The van der Waals surface area contributed by atoms with Crippen molar-refractivity contribution in [2.24, 2.45) is 0 Å². The van der Waals surface area contributed by atoms with Gasteiger partial charge in [0.2, 0.25) is 5.91 Å². The van der Waals surface area contributed by atoms with Crippen molar-refractivity contribution in [3.05, 3.63) is 65.2 Å². The lowest BCUT2D eigenvalue weighted by Gasteiger charge is -2.15. The molecular weight excluding hydrogens is 300 g/mol. The van der Waals surface area contributed by atoms with Crippen LogP contribution in [0.2, 0.25) is 5.02 Å². The molecule has 4 nitrogen and oxygen atoms in total. The maximum Gasteiger partial charge on any atom is 0.251 e. The van der Waals surface area contributed by atoms with Gasteiger partial charge in [0.1, 0.15) is 0 Å². The average Bonchev–Trinajstić information content (AvgIpc) is 2.80. The van der Waals surface area contributed by atoms with E-state index >= 15 is 0 Å². The molecule has 0 spiro atoms. The Morgan fingerprint density at radius 2 is 1.86 bits per heavy atom. The monoisotopic (exact) mass is 314 g/mol. The SMILES string of the molecule is O=C1C[C@@H](NCc2ccccc2)C(=O)N1c1cccc(Cl)c1. The summed E-state index contributed by atoms with van der Waals surface area (Å²) in [5.74, 6) is -0.443. The molecule has 5 heteroatoms. The van der Waals surface area contributed by atoms with E-state index in [1.807, 2.05) is 30.3 Å². The van der Waals surface area contributed by atoms with Gasteiger partial charge in [-0.2, -0.15) is 0 Å². The van der Waals surface area contributed by atoms with Gasteiger partial charge in [0.25, 0.3) is 5.91 Å². The van der Waals surface area contributed by atoms with Gasteiger partial charge in [-0.25, -0.2) is 4.90 Å². The molecule has 0 radical (unpaired) electrons. The third kappa shape index (κ3) is 3.03. The fraction of sp³-hybridized carbons (Fsp3) is 0.176. The summed E-state index contributed by atoms with van der Waals surface area (Å²) in [5, 5.41) is 3.65. The minimum absolute atomic E-state index is 0.165. The molecule has 2 aromatic rings. The number of nitrogens with zero attached hydrogens (tertiary/aromatic N) is 1. The number of amides is 2. The fourth-order valence-corrected chi connectivity index (χ4v) is 2.70. The van der Waals surface area contributed by atoms with E-state index in [2.05, 4.69) is 5.32 Å². The molecule has 1 aliphatic heterocycles. The van der Waals surface area contributed by atoms with Crippen LogP contribution in [0.15, 0.2) is 54.6 Å². The van der Waals surface area contributed by atoms with Gasteiger partial charge in [-0.15, -0.1) is 0 Å². The van der Waals surface area contributed by atoms with Crippen molar-refractivity contribution in [1.82, 2.24) is 5.32 Å². The first-order chi connectivity index (χ1) is 10.6. The first-order valence-electron chi connectivity index (χ1n) is 7.05. The molecule has 1 saturated heterocycles. The predicted molar refractivity (Wildman–Crippen MR) is 85.6 cm³/mol. The maximum atomic E-state index is 12.4. The quantitative estimate of drug-likeness (QED) is 0.883. The molecule has 1 atom stereocenters. The van der Waals surface area contributed by atoms with Crippen molar-refractivity contribution in [2.45, 2.75) is 19.0 Å². The molecule has 3 rings (SSSR count). The van der Waals surface area contributed by atoms with Gasteiger partial charge in [-0.3, -0.25) is 9.59 Å². The minimum Gasteiger partial charge on any atom is -0.301 e. The maximum absolute atomic E-state index is 12.4. The summed E-state index contributed by atoms with van der Waals surface area (Å²) in [7, 11) is 0. The number of anilines is 1. The molecule has 0 aromatic heterocycles. The largest absolute Gasteiger partial charge is 0.301 e. The van der Waals surface area contributed by atoms with Crippen LogP contribution in [0.1, 0.15) is 12.0 Å². The van der Waals surface area contributed by atoms with Gasteiger partial charge in [-0.05, 0) is 23.8 Å². The summed E-state index contributed by atoms with van der Waals surface area (Å²) < 4.78 is 0. The summed E-state index contributed by atoms with van der Waals surface area (Å²) in [6, 6.07) is 16.0. The van der Waals surface area contributed by atoms with Crippen LogP contribution in [0, 0.1) is 0 Å². The number of rotatable bonds is 4. The van der Waals surface area contributed by atoms with Crippen molar-refractivity contribution in [3.8, 4) is 0 Å². The highest BCUT2D eigenvalue weighted by Gasteiger charge is 2.39. The lowest BCUT2D eigenvalue weighted by Crippen LogP contribution is -2.38. The number of carbonyl (C=O) groups is 2. The number of benzene rings is 2. The van der Waals surface area contributed by atoms with E-state index in [-0.39, 0.29) is 18.2 Å².